The summed E-state index contributed by atoms with van der Waals surface area (Å²) in [7, 11) is -3.49. The van der Waals surface area contributed by atoms with Crippen LogP contribution >= 0.6 is 0 Å². The average Bonchev–Trinajstić information content (AvgIpc) is 3.08. The maximum absolute atomic E-state index is 11.0. The number of aromatic nitrogens is 1. The Morgan fingerprint density at radius 2 is 1.60 bits per heavy atom. The number of hydrogen-bond donors (Lipinski definition) is 0. The largest absolute Gasteiger partial charge is 0.356 e. The summed E-state index contributed by atoms with van der Waals surface area (Å²) < 4.78 is 32.0. The molecule has 0 fully saturated rings. The van der Waals surface area contributed by atoms with E-state index in [2.05, 4.69) is 29.4 Å². The van der Waals surface area contributed by atoms with Gasteiger partial charge in [0.2, 0.25) is 0 Å². The summed E-state index contributed by atoms with van der Waals surface area (Å²) in [6.07, 6.45) is 2.96. The zero-order chi connectivity index (χ0) is 17.7. The van der Waals surface area contributed by atoms with Crippen LogP contribution < -0.4 is 0 Å². The first kappa shape index (κ1) is 17.4. The zero-order valence-corrected chi connectivity index (χ0v) is 14.7. The average molecular weight is 357 g/mol. The molecular formula is C19H19NO4S. The van der Waals surface area contributed by atoms with E-state index in [-0.39, 0.29) is 6.61 Å². The van der Waals surface area contributed by atoms with Crippen molar-refractivity contribution in [2.24, 2.45) is 0 Å². The minimum Gasteiger partial charge on any atom is -0.356 e. The van der Waals surface area contributed by atoms with E-state index in [0.717, 1.165) is 24.7 Å². The van der Waals surface area contributed by atoms with Gasteiger partial charge in [-0.1, -0.05) is 59.8 Å². The standard InChI is InChI=1S/C19H19NO4S/c1-25(21,22)23-14-18-13-19(24-20-18)17-11-9-16(10-12-17)8-7-15-5-3-2-4-6-15/h2-6,9-13H,7-8,14H2,1H3. The highest BCUT2D eigenvalue weighted by Gasteiger charge is 2.10. The second-order valence-electron chi connectivity index (χ2n) is 5.83. The van der Waals surface area contributed by atoms with Crippen molar-refractivity contribution >= 4 is 10.1 Å². The minimum atomic E-state index is -3.49. The van der Waals surface area contributed by atoms with Crippen LogP contribution in [-0.4, -0.2) is 19.8 Å². The Morgan fingerprint density at radius 1 is 0.960 bits per heavy atom. The Hall–Kier alpha value is -2.44. The van der Waals surface area contributed by atoms with E-state index in [1.165, 1.54) is 11.1 Å². The lowest BCUT2D eigenvalue weighted by Gasteiger charge is -2.03. The van der Waals surface area contributed by atoms with Gasteiger partial charge in [-0.2, -0.15) is 8.42 Å². The molecule has 0 radical (unpaired) electrons. The van der Waals surface area contributed by atoms with Crippen LogP contribution in [0.3, 0.4) is 0 Å². The van der Waals surface area contributed by atoms with E-state index in [0.29, 0.717) is 11.5 Å². The lowest BCUT2D eigenvalue weighted by Crippen LogP contribution is -2.02. The van der Waals surface area contributed by atoms with Crippen LogP contribution in [0.1, 0.15) is 16.8 Å². The third-order valence-corrected chi connectivity index (χ3v) is 4.31. The third-order valence-electron chi connectivity index (χ3n) is 3.76. The van der Waals surface area contributed by atoms with E-state index in [1.54, 1.807) is 6.07 Å². The molecule has 0 bridgehead atoms. The van der Waals surface area contributed by atoms with Crippen molar-refractivity contribution in [3.8, 4) is 11.3 Å². The van der Waals surface area contributed by atoms with E-state index in [1.807, 2.05) is 30.3 Å². The van der Waals surface area contributed by atoms with Crippen LogP contribution in [-0.2, 0) is 33.7 Å². The molecule has 2 aromatic carbocycles. The predicted octanol–water partition coefficient (Wildman–Crippen LogP) is 3.60. The van der Waals surface area contributed by atoms with Gasteiger partial charge in [0, 0.05) is 11.6 Å². The van der Waals surface area contributed by atoms with Gasteiger partial charge in [-0.3, -0.25) is 4.18 Å². The van der Waals surface area contributed by atoms with Crippen LogP contribution in [0, 0.1) is 0 Å². The highest BCUT2D eigenvalue weighted by Crippen LogP contribution is 2.22. The molecule has 0 unspecified atom stereocenters. The van der Waals surface area contributed by atoms with Crippen molar-refractivity contribution in [3.63, 3.8) is 0 Å². The van der Waals surface area contributed by atoms with Gasteiger partial charge < -0.3 is 4.52 Å². The molecule has 25 heavy (non-hydrogen) atoms. The van der Waals surface area contributed by atoms with E-state index in [4.69, 9.17) is 8.71 Å². The van der Waals surface area contributed by atoms with Gasteiger partial charge in [-0.05, 0) is 24.0 Å². The second kappa shape index (κ2) is 7.63. The highest BCUT2D eigenvalue weighted by atomic mass is 32.2. The highest BCUT2D eigenvalue weighted by molar-refractivity contribution is 7.85. The molecule has 1 aromatic heterocycles. The van der Waals surface area contributed by atoms with Crippen LogP contribution in [0.15, 0.2) is 65.2 Å². The van der Waals surface area contributed by atoms with E-state index >= 15 is 0 Å². The molecule has 0 aliphatic rings. The topological polar surface area (TPSA) is 69.4 Å². The Balaban J connectivity index is 1.61. The molecule has 0 aliphatic heterocycles. The van der Waals surface area contributed by atoms with Crippen molar-refractivity contribution in [2.45, 2.75) is 19.4 Å². The first-order valence-electron chi connectivity index (χ1n) is 7.93. The number of aryl methyl sites for hydroxylation is 2. The minimum absolute atomic E-state index is 0.127. The summed E-state index contributed by atoms with van der Waals surface area (Å²) in [4.78, 5) is 0. The smallest absolute Gasteiger partial charge is 0.264 e. The summed E-state index contributed by atoms with van der Waals surface area (Å²) in [5.74, 6) is 0.585. The van der Waals surface area contributed by atoms with Gasteiger partial charge in [0.25, 0.3) is 10.1 Å². The summed E-state index contributed by atoms with van der Waals surface area (Å²) in [6, 6.07) is 20.1. The molecule has 0 amide bonds. The van der Waals surface area contributed by atoms with Gasteiger partial charge in [0.1, 0.15) is 12.3 Å². The predicted molar refractivity (Wildman–Crippen MR) is 95.4 cm³/mol. The number of rotatable bonds is 7. The fourth-order valence-electron chi connectivity index (χ4n) is 2.45. The van der Waals surface area contributed by atoms with Crippen LogP contribution in [0.5, 0.6) is 0 Å². The lowest BCUT2D eigenvalue weighted by atomic mass is 10.0. The molecule has 3 aromatic rings. The van der Waals surface area contributed by atoms with Gasteiger partial charge >= 0.3 is 0 Å². The van der Waals surface area contributed by atoms with Crippen LogP contribution in [0.4, 0.5) is 0 Å². The SMILES string of the molecule is CS(=O)(=O)OCc1cc(-c2ccc(CCc3ccccc3)cc2)on1. The normalized spacial score (nSPS) is 11.6. The first-order chi connectivity index (χ1) is 12.0. The number of hydrogen-bond acceptors (Lipinski definition) is 5. The molecule has 0 saturated heterocycles. The lowest BCUT2D eigenvalue weighted by molar-refractivity contribution is 0.296. The van der Waals surface area contributed by atoms with Gasteiger partial charge in [-0.25, -0.2) is 0 Å². The maximum atomic E-state index is 11.0. The molecule has 5 nitrogen and oxygen atoms in total. The quantitative estimate of drug-likeness (QED) is 0.604. The zero-order valence-electron chi connectivity index (χ0n) is 13.9. The Labute approximate surface area is 147 Å². The summed E-state index contributed by atoms with van der Waals surface area (Å²) >= 11 is 0. The molecule has 130 valence electrons. The molecule has 0 N–H and O–H groups in total. The van der Waals surface area contributed by atoms with Crippen molar-refractivity contribution < 1.29 is 17.1 Å². The van der Waals surface area contributed by atoms with Crippen LogP contribution in [0.25, 0.3) is 11.3 Å². The Kier molecular flexibility index (Phi) is 5.31. The summed E-state index contributed by atoms with van der Waals surface area (Å²) in [6.45, 7) is -0.127. The Bertz CT molecular complexity index is 916. The third kappa shape index (κ3) is 5.27. The molecule has 0 saturated carbocycles. The van der Waals surface area contributed by atoms with Gasteiger partial charge in [0.05, 0.1) is 6.26 Å². The van der Waals surface area contributed by atoms with E-state index in [9.17, 15) is 8.42 Å². The number of benzene rings is 2. The monoisotopic (exact) mass is 357 g/mol. The van der Waals surface area contributed by atoms with Crippen molar-refractivity contribution in [1.82, 2.24) is 5.16 Å². The van der Waals surface area contributed by atoms with E-state index < -0.39 is 10.1 Å². The molecule has 0 spiro atoms. The number of nitrogens with zero attached hydrogens (tertiary/aromatic N) is 1. The molecule has 6 heteroatoms. The first-order valence-corrected chi connectivity index (χ1v) is 9.74. The van der Waals surface area contributed by atoms with Gasteiger partial charge in [0.15, 0.2) is 5.76 Å². The molecule has 0 aliphatic carbocycles. The molecule has 1 heterocycles. The van der Waals surface area contributed by atoms with Crippen molar-refractivity contribution in [3.05, 3.63) is 77.5 Å². The molecule has 0 atom stereocenters. The summed E-state index contributed by atoms with van der Waals surface area (Å²) in [5.41, 5.74) is 3.89. The molecular weight excluding hydrogens is 338 g/mol. The molecule has 3 rings (SSSR count). The van der Waals surface area contributed by atoms with Crippen molar-refractivity contribution in [1.29, 1.82) is 0 Å². The fraction of sp³-hybridized carbons (Fsp3) is 0.211. The Morgan fingerprint density at radius 3 is 2.24 bits per heavy atom. The van der Waals surface area contributed by atoms with Gasteiger partial charge in [-0.15, -0.1) is 0 Å². The summed E-state index contributed by atoms with van der Waals surface area (Å²) in [5, 5.41) is 3.83. The fourth-order valence-corrected chi connectivity index (χ4v) is 2.79. The maximum Gasteiger partial charge on any atom is 0.264 e. The second-order valence-corrected chi connectivity index (χ2v) is 7.48. The van der Waals surface area contributed by atoms with Crippen LogP contribution in [0.2, 0.25) is 0 Å². The van der Waals surface area contributed by atoms with Crippen molar-refractivity contribution in [2.75, 3.05) is 6.26 Å².